The van der Waals surface area contributed by atoms with Gasteiger partial charge in [0.15, 0.2) is 0 Å². The van der Waals surface area contributed by atoms with Crippen LogP contribution in [0.3, 0.4) is 0 Å². The zero-order valence-corrected chi connectivity index (χ0v) is 14.0. The van der Waals surface area contributed by atoms with Gasteiger partial charge in [0.25, 0.3) is 0 Å². The average molecular weight is 282 g/mol. The van der Waals surface area contributed by atoms with Crippen LogP contribution in [0.4, 0.5) is 0 Å². The Bertz CT molecular complexity index is 329. The molecule has 0 radical (unpaired) electrons. The predicted octanol–water partition coefficient (Wildman–Crippen LogP) is 3.98. The molecule has 1 rings (SSSR count). The van der Waals surface area contributed by atoms with E-state index in [9.17, 15) is 0 Å². The molecule has 0 fully saturated rings. The summed E-state index contributed by atoms with van der Waals surface area (Å²) in [4.78, 5) is 3.93. The Morgan fingerprint density at radius 2 is 2.00 bits per heavy atom. The Kier molecular flexibility index (Phi) is 7.05. The summed E-state index contributed by atoms with van der Waals surface area (Å²) in [6.45, 7) is 12.5. The van der Waals surface area contributed by atoms with Crippen LogP contribution in [0.2, 0.25) is 0 Å². The highest BCUT2D eigenvalue weighted by Crippen LogP contribution is 2.27. The monoisotopic (exact) mass is 282 g/mol. The molecule has 0 spiro atoms. The van der Waals surface area contributed by atoms with Gasteiger partial charge in [-0.2, -0.15) is 0 Å². The molecule has 110 valence electrons. The average Bonchev–Trinajstić information content (AvgIpc) is 2.87. The van der Waals surface area contributed by atoms with Crippen molar-refractivity contribution >= 4 is 11.3 Å². The summed E-state index contributed by atoms with van der Waals surface area (Å²) < 4.78 is 0. The maximum Gasteiger partial charge on any atom is 0.0325 e. The Morgan fingerprint density at radius 3 is 2.47 bits per heavy atom. The van der Waals surface area contributed by atoms with Crippen LogP contribution < -0.4 is 5.32 Å². The molecule has 1 heterocycles. The molecule has 1 aromatic heterocycles. The quantitative estimate of drug-likeness (QED) is 0.737. The van der Waals surface area contributed by atoms with Crippen molar-refractivity contribution in [3.63, 3.8) is 0 Å². The van der Waals surface area contributed by atoms with Crippen LogP contribution in [0.1, 0.15) is 45.4 Å². The lowest BCUT2D eigenvalue weighted by Gasteiger charge is -2.36. The van der Waals surface area contributed by atoms with Crippen molar-refractivity contribution in [1.82, 2.24) is 10.2 Å². The Labute approximate surface area is 123 Å². The van der Waals surface area contributed by atoms with Crippen molar-refractivity contribution in [2.75, 3.05) is 20.1 Å². The number of hydrogen-bond donors (Lipinski definition) is 1. The molecule has 0 amide bonds. The molecule has 2 nitrogen and oxygen atoms in total. The maximum absolute atomic E-state index is 3.63. The van der Waals surface area contributed by atoms with Gasteiger partial charge in [0.05, 0.1) is 0 Å². The van der Waals surface area contributed by atoms with Crippen LogP contribution in [0.15, 0.2) is 17.5 Å². The van der Waals surface area contributed by atoms with Crippen molar-refractivity contribution in [2.45, 2.75) is 53.1 Å². The zero-order valence-electron chi connectivity index (χ0n) is 13.2. The normalized spacial score (nSPS) is 12.6. The van der Waals surface area contributed by atoms with Gasteiger partial charge >= 0.3 is 0 Å². The largest absolute Gasteiger partial charge is 0.314 e. The van der Waals surface area contributed by atoms with Gasteiger partial charge in [0, 0.05) is 30.6 Å². The summed E-state index contributed by atoms with van der Waals surface area (Å²) in [5.74, 6) is 0. The van der Waals surface area contributed by atoms with Crippen molar-refractivity contribution in [3.8, 4) is 0 Å². The molecule has 3 heteroatoms. The fourth-order valence-electron chi connectivity index (χ4n) is 2.50. The molecule has 0 aliphatic rings. The molecule has 0 saturated carbocycles. The minimum Gasteiger partial charge on any atom is -0.314 e. The van der Waals surface area contributed by atoms with Gasteiger partial charge in [0.2, 0.25) is 0 Å². The maximum atomic E-state index is 3.63. The summed E-state index contributed by atoms with van der Waals surface area (Å²) in [5, 5.41) is 5.79. The first kappa shape index (κ1) is 16.7. The van der Waals surface area contributed by atoms with E-state index >= 15 is 0 Å². The van der Waals surface area contributed by atoms with Crippen LogP contribution >= 0.6 is 11.3 Å². The molecule has 0 aliphatic carbocycles. The molecule has 0 atom stereocenters. The minimum atomic E-state index is 0.399. The van der Waals surface area contributed by atoms with Gasteiger partial charge in [-0.15, -0.1) is 11.3 Å². The van der Waals surface area contributed by atoms with Crippen LogP contribution in [-0.2, 0) is 6.54 Å². The fraction of sp³-hybridized carbons (Fsp3) is 0.750. The van der Waals surface area contributed by atoms with Crippen molar-refractivity contribution in [3.05, 3.63) is 22.4 Å². The van der Waals surface area contributed by atoms with E-state index in [-0.39, 0.29) is 0 Å². The summed E-state index contributed by atoms with van der Waals surface area (Å²) in [5.41, 5.74) is 0.399. The molecular weight excluding hydrogens is 252 g/mol. The zero-order chi connectivity index (χ0) is 14.3. The fourth-order valence-corrected chi connectivity index (χ4v) is 3.28. The van der Waals surface area contributed by atoms with Crippen LogP contribution in [0.25, 0.3) is 0 Å². The number of nitrogens with one attached hydrogen (secondary N) is 1. The van der Waals surface area contributed by atoms with Crippen molar-refractivity contribution in [2.24, 2.45) is 5.41 Å². The molecule has 1 N–H and O–H groups in total. The third kappa shape index (κ3) is 5.64. The van der Waals surface area contributed by atoms with E-state index in [4.69, 9.17) is 0 Å². The SMILES string of the molecule is CCC(CC)(CNC(C)C)CN(C)Cc1cccs1. The molecule has 0 aliphatic heterocycles. The van der Waals surface area contributed by atoms with Gasteiger partial charge < -0.3 is 10.2 Å². The first-order valence-electron chi connectivity index (χ1n) is 7.45. The second-order valence-electron chi connectivity index (χ2n) is 5.99. The second-order valence-corrected chi connectivity index (χ2v) is 7.03. The second kappa shape index (κ2) is 8.03. The van der Waals surface area contributed by atoms with Gasteiger partial charge in [0.1, 0.15) is 0 Å². The summed E-state index contributed by atoms with van der Waals surface area (Å²) in [6.07, 6.45) is 2.47. The third-order valence-electron chi connectivity index (χ3n) is 4.00. The van der Waals surface area contributed by atoms with Gasteiger partial charge in [-0.3, -0.25) is 0 Å². The van der Waals surface area contributed by atoms with E-state index in [0.717, 1.165) is 19.6 Å². The molecular formula is C16H30N2S. The van der Waals surface area contributed by atoms with Gasteiger partial charge in [-0.1, -0.05) is 33.8 Å². The first-order chi connectivity index (χ1) is 9.01. The van der Waals surface area contributed by atoms with E-state index in [0.29, 0.717) is 11.5 Å². The van der Waals surface area contributed by atoms with Crippen LogP contribution in [-0.4, -0.2) is 31.1 Å². The smallest absolute Gasteiger partial charge is 0.0325 e. The van der Waals surface area contributed by atoms with Crippen molar-refractivity contribution < 1.29 is 0 Å². The Balaban J connectivity index is 2.55. The lowest BCUT2D eigenvalue weighted by Crippen LogP contribution is -2.43. The number of nitrogens with zero attached hydrogens (tertiary/aromatic N) is 1. The summed E-state index contributed by atoms with van der Waals surface area (Å²) in [6, 6.07) is 4.94. The molecule has 0 aromatic carbocycles. The van der Waals surface area contributed by atoms with E-state index in [1.165, 1.54) is 17.7 Å². The van der Waals surface area contributed by atoms with E-state index in [1.807, 2.05) is 11.3 Å². The summed E-state index contributed by atoms with van der Waals surface area (Å²) in [7, 11) is 2.25. The lowest BCUT2D eigenvalue weighted by molar-refractivity contribution is 0.148. The van der Waals surface area contributed by atoms with E-state index < -0.39 is 0 Å². The molecule has 1 aromatic rings. The first-order valence-corrected chi connectivity index (χ1v) is 8.33. The Hall–Kier alpha value is -0.380. The highest BCUT2D eigenvalue weighted by atomic mass is 32.1. The highest BCUT2D eigenvalue weighted by molar-refractivity contribution is 7.09. The Morgan fingerprint density at radius 1 is 1.32 bits per heavy atom. The topological polar surface area (TPSA) is 15.3 Å². The predicted molar refractivity (Wildman–Crippen MR) is 86.8 cm³/mol. The van der Waals surface area contributed by atoms with E-state index in [1.54, 1.807) is 0 Å². The number of thiophene rings is 1. The molecule has 0 bridgehead atoms. The van der Waals surface area contributed by atoms with Crippen LogP contribution in [0.5, 0.6) is 0 Å². The standard InChI is InChI=1S/C16H30N2S/c1-6-16(7-2,12-17-14(3)4)13-18(5)11-15-9-8-10-19-15/h8-10,14,17H,6-7,11-13H2,1-5H3. The van der Waals surface area contributed by atoms with Crippen molar-refractivity contribution in [1.29, 1.82) is 0 Å². The number of rotatable bonds is 9. The molecule has 0 unspecified atom stereocenters. The van der Waals surface area contributed by atoms with Gasteiger partial charge in [-0.25, -0.2) is 0 Å². The summed E-state index contributed by atoms with van der Waals surface area (Å²) >= 11 is 1.85. The van der Waals surface area contributed by atoms with Gasteiger partial charge in [-0.05, 0) is 36.8 Å². The molecule has 19 heavy (non-hydrogen) atoms. The van der Waals surface area contributed by atoms with Crippen LogP contribution in [0, 0.1) is 5.41 Å². The molecule has 0 saturated heterocycles. The minimum absolute atomic E-state index is 0.399. The lowest BCUT2D eigenvalue weighted by atomic mass is 9.81. The highest BCUT2D eigenvalue weighted by Gasteiger charge is 2.27. The number of hydrogen-bond acceptors (Lipinski definition) is 3. The third-order valence-corrected chi connectivity index (χ3v) is 4.86. The van der Waals surface area contributed by atoms with E-state index in [2.05, 4.69) is 62.5 Å².